The number of phenolic OH excluding ortho intramolecular Hbond substituents is 1. The van der Waals surface area contributed by atoms with E-state index in [0.29, 0.717) is 12.5 Å². The fourth-order valence-corrected chi connectivity index (χ4v) is 2.97. The number of piperidine rings is 1. The van der Waals surface area contributed by atoms with Crippen molar-refractivity contribution in [3.63, 3.8) is 0 Å². The number of carbonyl (C=O) groups excluding carboxylic acids is 1. The molecule has 1 aromatic carbocycles. The summed E-state index contributed by atoms with van der Waals surface area (Å²) in [7, 11) is 0. The molecule has 2 aliphatic rings. The van der Waals surface area contributed by atoms with Crippen LogP contribution in [0.15, 0.2) is 18.2 Å². The molecular formula is C16H21FN2O2. The van der Waals surface area contributed by atoms with Crippen LogP contribution in [0.1, 0.15) is 36.0 Å². The number of aromatic hydroxyl groups is 1. The molecular weight excluding hydrogens is 271 g/mol. The second-order valence-corrected chi connectivity index (χ2v) is 6.07. The predicted molar refractivity (Wildman–Crippen MR) is 77.7 cm³/mol. The lowest BCUT2D eigenvalue weighted by Crippen LogP contribution is -2.42. The number of amides is 1. The SMILES string of the molecule is O=C(c1ccc(O)cc1F)N(CC1CCCNC1)C1CC1. The first-order chi connectivity index (χ1) is 10.1. The quantitative estimate of drug-likeness (QED) is 0.894. The van der Waals surface area contributed by atoms with Crippen LogP contribution in [0.2, 0.25) is 0 Å². The molecule has 1 heterocycles. The molecule has 0 bridgehead atoms. The van der Waals surface area contributed by atoms with Crippen LogP contribution in [-0.2, 0) is 0 Å². The number of nitrogens with one attached hydrogen (secondary N) is 1. The number of benzene rings is 1. The molecule has 4 nitrogen and oxygen atoms in total. The van der Waals surface area contributed by atoms with Gasteiger partial charge in [0.2, 0.25) is 0 Å². The molecule has 114 valence electrons. The molecule has 1 saturated heterocycles. The average Bonchev–Trinajstić information content (AvgIpc) is 3.30. The number of hydrogen-bond donors (Lipinski definition) is 2. The van der Waals surface area contributed by atoms with E-state index in [9.17, 15) is 14.3 Å². The third kappa shape index (κ3) is 3.35. The molecule has 1 aliphatic carbocycles. The Hall–Kier alpha value is -1.62. The van der Waals surface area contributed by atoms with Gasteiger partial charge in [-0.3, -0.25) is 4.79 Å². The molecule has 1 saturated carbocycles. The minimum atomic E-state index is -0.646. The molecule has 5 heteroatoms. The third-order valence-corrected chi connectivity index (χ3v) is 4.29. The molecule has 2 fully saturated rings. The van der Waals surface area contributed by atoms with E-state index in [4.69, 9.17) is 0 Å². The maximum atomic E-state index is 13.9. The summed E-state index contributed by atoms with van der Waals surface area (Å²) in [5.74, 6) is -0.602. The van der Waals surface area contributed by atoms with Crippen molar-refractivity contribution in [2.45, 2.75) is 31.7 Å². The van der Waals surface area contributed by atoms with Crippen molar-refractivity contribution in [2.24, 2.45) is 5.92 Å². The predicted octanol–water partition coefficient (Wildman–Crippen LogP) is 2.14. The monoisotopic (exact) mass is 292 g/mol. The largest absolute Gasteiger partial charge is 0.508 e. The van der Waals surface area contributed by atoms with Gasteiger partial charge in [-0.25, -0.2) is 4.39 Å². The zero-order chi connectivity index (χ0) is 14.8. The Kier molecular flexibility index (Phi) is 4.10. The number of phenols is 1. The van der Waals surface area contributed by atoms with Crippen molar-refractivity contribution in [1.29, 1.82) is 0 Å². The van der Waals surface area contributed by atoms with Gasteiger partial charge in [0.1, 0.15) is 11.6 Å². The van der Waals surface area contributed by atoms with Crippen LogP contribution in [0, 0.1) is 11.7 Å². The molecule has 1 unspecified atom stereocenters. The van der Waals surface area contributed by atoms with Crippen LogP contribution in [0.3, 0.4) is 0 Å². The van der Waals surface area contributed by atoms with Gasteiger partial charge < -0.3 is 15.3 Å². The molecule has 2 N–H and O–H groups in total. The Balaban J connectivity index is 1.75. The van der Waals surface area contributed by atoms with Gasteiger partial charge in [-0.1, -0.05) is 0 Å². The van der Waals surface area contributed by atoms with Gasteiger partial charge in [-0.2, -0.15) is 0 Å². The summed E-state index contributed by atoms with van der Waals surface area (Å²) in [6, 6.07) is 4.00. The van der Waals surface area contributed by atoms with Crippen molar-refractivity contribution in [3.8, 4) is 5.75 Å². The first kappa shape index (κ1) is 14.3. The van der Waals surface area contributed by atoms with E-state index in [0.717, 1.165) is 44.8 Å². The zero-order valence-electron chi connectivity index (χ0n) is 12.0. The summed E-state index contributed by atoms with van der Waals surface area (Å²) in [5, 5.41) is 12.6. The summed E-state index contributed by atoms with van der Waals surface area (Å²) >= 11 is 0. The summed E-state index contributed by atoms with van der Waals surface area (Å²) in [6.45, 7) is 2.66. The van der Waals surface area contributed by atoms with Gasteiger partial charge >= 0.3 is 0 Å². The maximum absolute atomic E-state index is 13.9. The maximum Gasteiger partial charge on any atom is 0.257 e. The molecule has 1 aliphatic heterocycles. The fourth-order valence-electron chi connectivity index (χ4n) is 2.97. The topological polar surface area (TPSA) is 52.6 Å². The van der Waals surface area contributed by atoms with E-state index in [-0.39, 0.29) is 23.3 Å². The Morgan fingerprint density at radius 1 is 1.38 bits per heavy atom. The molecule has 0 spiro atoms. The van der Waals surface area contributed by atoms with Crippen molar-refractivity contribution in [2.75, 3.05) is 19.6 Å². The second kappa shape index (κ2) is 6.02. The molecule has 3 rings (SSSR count). The summed E-state index contributed by atoms with van der Waals surface area (Å²) in [5.41, 5.74) is 0.0588. The first-order valence-corrected chi connectivity index (χ1v) is 7.65. The lowest BCUT2D eigenvalue weighted by molar-refractivity contribution is 0.0699. The molecule has 1 atom stereocenters. The summed E-state index contributed by atoms with van der Waals surface area (Å²) in [4.78, 5) is 14.4. The average molecular weight is 292 g/mol. The first-order valence-electron chi connectivity index (χ1n) is 7.65. The lowest BCUT2D eigenvalue weighted by Gasteiger charge is -2.30. The number of hydrogen-bond acceptors (Lipinski definition) is 3. The Morgan fingerprint density at radius 3 is 2.81 bits per heavy atom. The van der Waals surface area contributed by atoms with Gasteiger partial charge in [-0.05, 0) is 56.8 Å². The van der Waals surface area contributed by atoms with Crippen molar-refractivity contribution >= 4 is 5.91 Å². The van der Waals surface area contributed by atoms with Crippen molar-refractivity contribution < 1.29 is 14.3 Å². The summed E-state index contributed by atoms with van der Waals surface area (Å²) in [6.07, 6.45) is 4.25. The second-order valence-electron chi connectivity index (χ2n) is 6.07. The van der Waals surface area contributed by atoms with E-state index in [1.54, 1.807) is 0 Å². The minimum absolute atomic E-state index is 0.0588. The molecule has 21 heavy (non-hydrogen) atoms. The smallest absolute Gasteiger partial charge is 0.257 e. The Bertz CT molecular complexity index is 525. The van der Waals surface area contributed by atoms with E-state index < -0.39 is 5.82 Å². The van der Waals surface area contributed by atoms with Crippen LogP contribution in [0.5, 0.6) is 5.75 Å². The van der Waals surface area contributed by atoms with Gasteiger partial charge in [0.15, 0.2) is 0 Å². The van der Waals surface area contributed by atoms with Gasteiger partial charge in [0.05, 0.1) is 5.56 Å². The van der Waals surface area contributed by atoms with E-state index >= 15 is 0 Å². The van der Waals surface area contributed by atoms with Crippen LogP contribution < -0.4 is 5.32 Å². The van der Waals surface area contributed by atoms with E-state index in [2.05, 4.69) is 5.32 Å². The highest BCUT2D eigenvalue weighted by molar-refractivity contribution is 5.95. The van der Waals surface area contributed by atoms with E-state index in [1.165, 1.54) is 12.1 Å². The standard InChI is InChI=1S/C16H21FN2O2/c17-15-8-13(20)5-6-14(15)16(21)19(12-3-4-12)10-11-2-1-7-18-9-11/h5-6,8,11-12,18,20H,1-4,7,9-10H2. The fraction of sp³-hybridized carbons (Fsp3) is 0.562. The van der Waals surface area contributed by atoms with Crippen LogP contribution in [-0.4, -0.2) is 41.6 Å². The summed E-state index contributed by atoms with van der Waals surface area (Å²) < 4.78 is 13.9. The number of carbonyl (C=O) groups is 1. The molecule has 1 amide bonds. The highest BCUT2D eigenvalue weighted by atomic mass is 19.1. The van der Waals surface area contributed by atoms with Crippen LogP contribution in [0.4, 0.5) is 4.39 Å². The normalized spacial score (nSPS) is 22.0. The van der Waals surface area contributed by atoms with E-state index in [1.807, 2.05) is 4.90 Å². The minimum Gasteiger partial charge on any atom is -0.508 e. The molecule has 0 aromatic heterocycles. The Labute approximate surface area is 124 Å². The van der Waals surface area contributed by atoms with Crippen molar-refractivity contribution in [3.05, 3.63) is 29.6 Å². The molecule has 1 aromatic rings. The number of nitrogens with zero attached hydrogens (tertiary/aromatic N) is 1. The van der Waals surface area contributed by atoms with Crippen molar-refractivity contribution in [1.82, 2.24) is 10.2 Å². The lowest BCUT2D eigenvalue weighted by atomic mass is 9.98. The van der Waals surface area contributed by atoms with Gasteiger partial charge in [-0.15, -0.1) is 0 Å². The zero-order valence-corrected chi connectivity index (χ0v) is 12.0. The number of rotatable bonds is 4. The third-order valence-electron chi connectivity index (χ3n) is 4.29. The highest BCUT2D eigenvalue weighted by Crippen LogP contribution is 2.30. The highest BCUT2D eigenvalue weighted by Gasteiger charge is 2.35. The van der Waals surface area contributed by atoms with Gasteiger partial charge in [0.25, 0.3) is 5.91 Å². The van der Waals surface area contributed by atoms with Crippen LogP contribution >= 0.6 is 0 Å². The van der Waals surface area contributed by atoms with Crippen LogP contribution in [0.25, 0.3) is 0 Å². The van der Waals surface area contributed by atoms with Gasteiger partial charge in [0, 0.05) is 18.7 Å². The molecule has 0 radical (unpaired) electrons. The number of halogens is 1. The Morgan fingerprint density at radius 2 is 2.19 bits per heavy atom.